The summed E-state index contributed by atoms with van der Waals surface area (Å²) in [6.45, 7) is 0. The maximum atomic E-state index is 10.6. The molecule has 6 heteroatoms. The molecule has 0 saturated carbocycles. The fraction of sp³-hybridized carbons (Fsp3) is 0.125. The molecule has 0 bridgehead atoms. The van der Waals surface area contributed by atoms with Crippen molar-refractivity contribution in [2.75, 3.05) is 12.5 Å². The fourth-order valence-corrected chi connectivity index (χ4v) is 0.862. The Morgan fingerprint density at radius 1 is 1.43 bits per heavy atom. The van der Waals surface area contributed by atoms with Gasteiger partial charge >= 0.3 is 51.4 Å². The topological polar surface area (TPSA) is 76.9 Å². The molecule has 0 aliphatic heterocycles. The number of carboxylic acids is 1. The number of carboxylic acid groups (broad SMARTS) is 1. The van der Waals surface area contributed by atoms with Gasteiger partial charge in [-0.05, 0) is 6.07 Å². The molecule has 1 N–H and O–H groups in total. The van der Waals surface area contributed by atoms with Crippen LogP contribution in [0.3, 0.4) is 0 Å². The van der Waals surface area contributed by atoms with Crippen molar-refractivity contribution in [2.24, 2.45) is 10.3 Å². The molecule has 0 heterocycles. The standard InChI is InChI=1S/C8H9N3O2.K/c1-9-11-10-7-5-3-2-4-6(7)8(12)13;/h2-5H,1H3,(H,9,10)(H,12,13);/q;+1/p-1. The Kier molecular flexibility index (Phi) is 6.94. The fourth-order valence-electron chi connectivity index (χ4n) is 0.862. The predicted molar refractivity (Wildman–Crippen MR) is 45.2 cm³/mol. The zero-order valence-corrected chi connectivity index (χ0v) is 11.1. The van der Waals surface area contributed by atoms with Crippen LogP contribution in [-0.2, 0) is 0 Å². The van der Waals surface area contributed by atoms with Gasteiger partial charge in [-0.15, -0.1) is 0 Å². The van der Waals surface area contributed by atoms with Crippen molar-refractivity contribution >= 4 is 11.7 Å². The van der Waals surface area contributed by atoms with Gasteiger partial charge in [-0.2, -0.15) is 5.11 Å². The van der Waals surface area contributed by atoms with E-state index in [1.807, 2.05) is 0 Å². The average molecular weight is 217 g/mol. The summed E-state index contributed by atoms with van der Waals surface area (Å²) >= 11 is 0. The van der Waals surface area contributed by atoms with Gasteiger partial charge in [0, 0.05) is 5.56 Å². The van der Waals surface area contributed by atoms with Gasteiger partial charge in [0.05, 0.1) is 18.7 Å². The first-order valence-electron chi connectivity index (χ1n) is 3.61. The van der Waals surface area contributed by atoms with Crippen LogP contribution in [0.5, 0.6) is 0 Å². The summed E-state index contributed by atoms with van der Waals surface area (Å²) in [4.78, 5) is 10.6. The zero-order chi connectivity index (χ0) is 9.68. The largest absolute Gasteiger partial charge is 1.00 e. The van der Waals surface area contributed by atoms with Crippen LogP contribution in [0.25, 0.3) is 0 Å². The van der Waals surface area contributed by atoms with Crippen LogP contribution in [-0.4, -0.2) is 13.0 Å². The molecule has 0 fully saturated rings. The summed E-state index contributed by atoms with van der Waals surface area (Å²) in [6, 6.07) is 6.32. The van der Waals surface area contributed by atoms with E-state index >= 15 is 0 Å². The third kappa shape index (κ3) is 3.85. The van der Waals surface area contributed by atoms with E-state index in [0.717, 1.165) is 0 Å². The van der Waals surface area contributed by atoms with Crippen molar-refractivity contribution in [3.05, 3.63) is 29.8 Å². The number of rotatable bonds is 3. The Morgan fingerprint density at radius 3 is 2.64 bits per heavy atom. The zero-order valence-electron chi connectivity index (χ0n) is 8.02. The summed E-state index contributed by atoms with van der Waals surface area (Å²) in [5.41, 5.74) is 2.92. The van der Waals surface area contributed by atoms with Gasteiger partial charge in [0.25, 0.3) is 0 Å². The second kappa shape index (κ2) is 7.08. The summed E-state index contributed by atoms with van der Waals surface area (Å²) in [5, 5.41) is 17.5. The Balaban J connectivity index is 0.00000169. The summed E-state index contributed by atoms with van der Waals surface area (Å²) in [7, 11) is 1.48. The Bertz CT molecular complexity index is 341. The molecule has 0 aliphatic rings. The van der Waals surface area contributed by atoms with Crippen LogP contribution in [0, 0.1) is 0 Å². The maximum Gasteiger partial charge on any atom is 1.00 e. The predicted octanol–water partition coefficient (Wildman–Crippen LogP) is -2.54. The van der Waals surface area contributed by atoms with Gasteiger partial charge < -0.3 is 9.90 Å². The Labute approximate surface area is 124 Å². The van der Waals surface area contributed by atoms with Crippen molar-refractivity contribution in [2.45, 2.75) is 0 Å². The monoisotopic (exact) mass is 217 g/mol. The quantitative estimate of drug-likeness (QED) is 0.344. The molecule has 0 amide bonds. The van der Waals surface area contributed by atoms with Crippen molar-refractivity contribution in [3.63, 3.8) is 0 Å². The number of nitrogens with zero attached hydrogens (tertiary/aromatic N) is 2. The normalized spacial score (nSPS) is 9.50. The third-order valence-corrected chi connectivity index (χ3v) is 1.42. The van der Waals surface area contributed by atoms with Crippen molar-refractivity contribution in [1.29, 1.82) is 0 Å². The molecule has 0 atom stereocenters. The summed E-state index contributed by atoms with van der Waals surface area (Å²) in [6.07, 6.45) is 0. The van der Waals surface area contributed by atoms with E-state index in [1.165, 1.54) is 13.1 Å². The van der Waals surface area contributed by atoms with Gasteiger partial charge in [0.15, 0.2) is 0 Å². The molecule has 0 radical (unpaired) electrons. The maximum absolute atomic E-state index is 10.6. The van der Waals surface area contributed by atoms with Crippen LogP contribution in [0.1, 0.15) is 10.4 Å². The number of aromatic carboxylic acids is 1. The Morgan fingerprint density at radius 2 is 2.07 bits per heavy atom. The first-order chi connectivity index (χ1) is 6.25. The molecule has 0 saturated heterocycles. The number of benzene rings is 1. The number of anilines is 1. The minimum Gasteiger partial charge on any atom is -0.545 e. The smallest absolute Gasteiger partial charge is 0.545 e. The Hall–Kier alpha value is -0.274. The van der Waals surface area contributed by atoms with Gasteiger partial charge in [0.1, 0.15) is 0 Å². The minimum absolute atomic E-state index is 0. The van der Waals surface area contributed by atoms with E-state index < -0.39 is 5.97 Å². The number of carbonyl (C=O) groups excluding carboxylic acids is 1. The van der Waals surface area contributed by atoms with E-state index in [0.29, 0.717) is 5.69 Å². The average Bonchev–Trinajstić information content (AvgIpc) is 2.15. The van der Waals surface area contributed by atoms with E-state index in [2.05, 4.69) is 15.8 Å². The molecule has 1 rings (SSSR count). The third-order valence-electron chi connectivity index (χ3n) is 1.42. The van der Waals surface area contributed by atoms with E-state index in [9.17, 15) is 9.90 Å². The molecular formula is C8H8KN3O2. The SMILES string of the molecule is CN=NNc1ccccc1C(=O)[O-].[K+]. The number of nitrogens with one attached hydrogen (secondary N) is 1. The van der Waals surface area contributed by atoms with Gasteiger partial charge in [0.2, 0.25) is 0 Å². The molecule has 68 valence electrons. The minimum atomic E-state index is -1.24. The first-order valence-corrected chi connectivity index (χ1v) is 3.61. The number of carbonyl (C=O) groups is 1. The number of hydrogen-bond acceptors (Lipinski definition) is 4. The van der Waals surface area contributed by atoms with Crippen LogP contribution >= 0.6 is 0 Å². The molecule has 0 aliphatic carbocycles. The molecule has 0 unspecified atom stereocenters. The van der Waals surface area contributed by atoms with Gasteiger partial charge in [-0.25, -0.2) is 0 Å². The molecule has 1 aromatic rings. The second-order valence-corrected chi connectivity index (χ2v) is 2.24. The van der Waals surface area contributed by atoms with Gasteiger partial charge in [-0.1, -0.05) is 23.4 Å². The van der Waals surface area contributed by atoms with Gasteiger partial charge in [-0.3, -0.25) is 5.43 Å². The van der Waals surface area contributed by atoms with E-state index in [-0.39, 0.29) is 56.9 Å². The van der Waals surface area contributed by atoms with Crippen LogP contribution in [0.4, 0.5) is 5.69 Å². The van der Waals surface area contributed by atoms with E-state index in [4.69, 9.17) is 0 Å². The van der Waals surface area contributed by atoms with Crippen LogP contribution < -0.4 is 61.9 Å². The van der Waals surface area contributed by atoms with E-state index in [1.54, 1.807) is 18.2 Å². The van der Waals surface area contributed by atoms with Crippen molar-refractivity contribution in [3.8, 4) is 0 Å². The molecular weight excluding hydrogens is 209 g/mol. The first kappa shape index (κ1) is 13.7. The molecule has 1 aromatic carbocycles. The molecule has 0 spiro atoms. The van der Waals surface area contributed by atoms with Crippen molar-refractivity contribution in [1.82, 2.24) is 0 Å². The summed E-state index contributed by atoms with van der Waals surface area (Å²) in [5.74, 6) is -1.24. The number of para-hydroxylation sites is 1. The van der Waals surface area contributed by atoms with Crippen LogP contribution in [0.15, 0.2) is 34.6 Å². The second-order valence-electron chi connectivity index (χ2n) is 2.24. The molecule has 0 aromatic heterocycles. The van der Waals surface area contributed by atoms with Crippen molar-refractivity contribution < 1.29 is 61.3 Å². The molecule has 14 heavy (non-hydrogen) atoms. The van der Waals surface area contributed by atoms with Crippen LogP contribution in [0.2, 0.25) is 0 Å². The summed E-state index contributed by atoms with van der Waals surface area (Å²) < 4.78 is 0. The number of hydrogen-bond donors (Lipinski definition) is 1. The molecule has 5 nitrogen and oxygen atoms in total.